The van der Waals surface area contributed by atoms with Crippen LogP contribution in [0.1, 0.15) is 25.0 Å². The van der Waals surface area contributed by atoms with E-state index in [1.165, 1.54) is 55.3 Å². The van der Waals surface area contributed by atoms with Crippen molar-refractivity contribution < 1.29 is 4.42 Å². The molecule has 0 saturated carbocycles. The van der Waals surface area contributed by atoms with Crippen molar-refractivity contribution in [2.24, 2.45) is 0 Å². The van der Waals surface area contributed by atoms with E-state index in [1.807, 2.05) is 12.1 Å². The zero-order valence-electron chi connectivity index (χ0n) is 28.6. The predicted molar refractivity (Wildman–Crippen MR) is 214 cm³/mol. The van der Waals surface area contributed by atoms with Gasteiger partial charge in [0.1, 0.15) is 11.2 Å². The fourth-order valence-corrected chi connectivity index (χ4v) is 8.15. The Bertz CT molecular complexity index is 2770. The third-order valence-corrected chi connectivity index (χ3v) is 10.9. The van der Waals surface area contributed by atoms with E-state index in [-0.39, 0.29) is 5.41 Å². The summed E-state index contributed by atoms with van der Waals surface area (Å²) in [7, 11) is 0. The van der Waals surface area contributed by atoms with E-state index >= 15 is 0 Å². The molecule has 0 saturated heterocycles. The zero-order chi connectivity index (χ0) is 34.1. The van der Waals surface area contributed by atoms with E-state index < -0.39 is 0 Å². The van der Waals surface area contributed by atoms with Gasteiger partial charge in [0.15, 0.2) is 0 Å². The van der Waals surface area contributed by atoms with Crippen LogP contribution in [-0.2, 0) is 5.41 Å². The Kier molecular flexibility index (Phi) is 6.56. The van der Waals surface area contributed by atoms with Crippen LogP contribution in [0.3, 0.4) is 0 Å². The fraction of sp³-hybridized carbons (Fsp3) is 0.0612. The molecule has 51 heavy (non-hydrogen) atoms. The van der Waals surface area contributed by atoms with Crippen molar-refractivity contribution in [1.82, 2.24) is 0 Å². The topological polar surface area (TPSA) is 16.4 Å². The van der Waals surface area contributed by atoms with Crippen LogP contribution in [0.2, 0.25) is 0 Å². The minimum atomic E-state index is -0.152. The van der Waals surface area contributed by atoms with Gasteiger partial charge in [-0.2, -0.15) is 0 Å². The highest BCUT2D eigenvalue weighted by molar-refractivity contribution is 6.06. The predicted octanol–water partition coefficient (Wildman–Crippen LogP) is 13.8. The molecular weight excluding hydrogens is 619 g/mol. The number of nitrogens with zero attached hydrogens (tertiary/aromatic N) is 1. The normalized spacial score (nSPS) is 13.1. The number of hydrogen-bond acceptors (Lipinski definition) is 2. The van der Waals surface area contributed by atoms with Crippen LogP contribution in [0.25, 0.3) is 66.1 Å². The van der Waals surface area contributed by atoms with Crippen LogP contribution in [0.5, 0.6) is 0 Å². The molecule has 0 radical (unpaired) electrons. The van der Waals surface area contributed by atoms with Gasteiger partial charge in [-0.05, 0) is 116 Å². The van der Waals surface area contributed by atoms with Crippen LogP contribution < -0.4 is 4.90 Å². The van der Waals surface area contributed by atoms with Crippen molar-refractivity contribution in [2.45, 2.75) is 19.3 Å². The SMILES string of the molecule is CC1(C)c2cc(-c3ccccc3)ccc2-c2ccc(N(c3ccc(-c4ccc5oc6ccccc6c5c4)cc3)c3ccc4ccccc4c3)cc21. The van der Waals surface area contributed by atoms with Crippen molar-refractivity contribution >= 4 is 49.8 Å². The Hall–Kier alpha value is -6.38. The van der Waals surface area contributed by atoms with E-state index in [1.54, 1.807) is 0 Å². The zero-order valence-corrected chi connectivity index (χ0v) is 28.6. The van der Waals surface area contributed by atoms with Crippen LogP contribution in [0.15, 0.2) is 180 Å². The van der Waals surface area contributed by atoms with Gasteiger partial charge in [-0.3, -0.25) is 0 Å². The summed E-state index contributed by atoms with van der Waals surface area (Å²) >= 11 is 0. The van der Waals surface area contributed by atoms with E-state index in [9.17, 15) is 0 Å². The molecule has 2 nitrogen and oxygen atoms in total. The number of rotatable bonds is 5. The Balaban J connectivity index is 1.08. The van der Waals surface area contributed by atoms with Gasteiger partial charge in [0.05, 0.1) is 0 Å². The third-order valence-electron chi connectivity index (χ3n) is 10.9. The van der Waals surface area contributed by atoms with Crippen molar-refractivity contribution in [3.8, 4) is 33.4 Å². The summed E-state index contributed by atoms with van der Waals surface area (Å²) in [5.41, 5.74) is 15.3. The lowest BCUT2D eigenvalue weighted by Gasteiger charge is -2.28. The summed E-state index contributed by atoms with van der Waals surface area (Å²) in [4.78, 5) is 2.40. The molecule has 242 valence electrons. The second-order valence-electron chi connectivity index (χ2n) is 14.2. The van der Waals surface area contributed by atoms with Crippen molar-refractivity contribution in [2.75, 3.05) is 4.90 Å². The molecular formula is C49H35NO. The molecule has 1 aromatic heterocycles. The lowest BCUT2D eigenvalue weighted by molar-refractivity contribution is 0.660. The minimum Gasteiger partial charge on any atom is -0.456 e. The molecule has 0 fully saturated rings. The maximum Gasteiger partial charge on any atom is 0.135 e. The molecule has 1 aliphatic rings. The summed E-state index contributed by atoms with van der Waals surface area (Å²) in [5.74, 6) is 0. The Morgan fingerprint density at radius 3 is 1.80 bits per heavy atom. The average Bonchev–Trinajstić information content (AvgIpc) is 3.66. The lowest BCUT2D eigenvalue weighted by atomic mass is 9.81. The van der Waals surface area contributed by atoms with Gasteiger partial charge in [-0.15, -0.1) is 0 Å². The van der Waals surface area contributed by atoms with Crippen molar-refractivity contribution in [3.63, 3.8) is 0 Å². The first-order valence-electron chi connectivity index (χ1n) is 17.7. The standard InChI is InChI=1S/C49H35NO/c1-49(2)45-30-37(32-10-4-3-5-11-32)19-25-41(45)42-26-24-40(31-46(42)49)50(39-23-18-33-12-6-7-13-35(33)28-39)38-21-16-34(17-22-38)36-20-27-48-44(29-36)43-14-8-9-15-47(43)51-48/h3-31H,1-2H3. The monoisotopic (exact) mass is 653 g/mol. The number of hydrogen-bond donors (Lipinski definition) is 0. The van der Waals surface area contributed by atoms with Gasteiger partial charge in [0.2, 0.25) is 0 Å². The molecule has 0 bridgehead atoms. The minimum absolute atomic E-state index is 0.152. The van der Waals surface area contributed by atoms with Crippen LogP contribution in [-0.4, -0.2) is 0 Å². The Morgan fingerprint density at radius 1 is 0.392 bits per heavy atom. The molecule has 0 unspecified atom stereocenters. The molecule has 1 heterocycles. The largest absolute Gasteiger partial charge is 0.456 e. The first-order valence-corrected chi connectivity index (χ1v) is 17.7. The summed E-state index contributed by atoms with van der Waals surface area (Å²) in [6, 6.07) is 63.8. The summed E-state index contributed by atoms with van der Waals surface area (Å²) in [6.45, 7) is 4.73. The van der Waals surface area contributed by atoms with Crippen LogP contribution in [0, 0.1) is 0 Å². The van der Waals surface area contributed by atoms with E-state index in [4.69, 9.17) is 4.42 Å². The molecule has 2 heteroatoms. The molecule has 9 aromatic rings. The number of benzene rings is 8. The first kappa shape index (κ1) is 29.5. The smallest absolute Gasteiger partial charge is 0.135 e. The Labute approximate surface area is 297 Å². The highest BCUT2D eigenvalue weighted by Gasteiger charge is 2.36. The maximum absolute atomic E-state index is 6.11. The number of fused-ring (bicyclic) bond motifs is 7. The first-order chi connectivity index (χ1) is 25.0. The van der Waals surface area contributed by atoms with E-state index in [0.29, 0.717) is 0 Å². The highest BCUT2D eigenvalue weighted by atomic mass is 16.3. The molecule has 10 rings (SSSR count). The quantitative estimate of drug-likeness (QED) is 0.184. The van der Waals surface area contributed by atoms with Crippen LogP contribution >= 0.6 is 0 Å². The molecule has 1 aliphatic carbocycles. The highest BCUT2D eigenvalue weighted by Crippen LogP contribution is 2.51. The molecule has 0 aliphatic heterocycles. The van der Waals surface area contributed by atoms with Gasteiger partial charge in [0.25, 0.3) is 0 Å². The van der Waals surface area contributed by atoms with Gasteiger partial charge >= 0.3 is 0 Å². The fourth-order valence-electron chi connectivity index (χ4n) is 8.15. The summed E-state index contributed by atoms with van der Waals surface area (Å²) < 4.78 is 6.11. The molecule has 0 N–H and O–H groups in total. The van der Waals surface area contributed by atoms with E-state index in [0.717, 1.165) is 39.0 Å². The van der Waals surface area contributed by atoms with Gasteiger partial charge < -0.3 is 9.32 Å². The van der Waals surface area contributed by atoms with Crippen LogP contribution in [0.4, 0.5) is 17.1 Å². The second-order valence-corrected chi connectivity index (χ2v) is 14.2. The number of para-hydroxylation sites is 1. The van der Waals surface area contributed by atoms with Crippen molar-refractivity contribution in [3.05, 3.63) is 187 Å². The maximum atomic E-state index is 6.11. The Morgan fingerprint density at radius 2 is 0.961 bits per heavy atom. The van der Waals surface area contributed by atoms with Gasteiger partial charge in [-0.1, -0.05) is 129 Å². The summed E-state index contributed by atoms with van der Waals surface area (Å²) in [5, 5.41) is 4.74. The molecule has 0 amide bonds. The van der Waals surface area contributed by atoms with Gasteiger partial charge in [0, 0.05) is 33.2 Å². The summed E-state index contributed by atoms with van der Waals surface area (Å²) in [6.07, 6.45) is 0. The number of anilines is 3. The lowest BCUT2D eigenvalue weighted by Crippen LogP contribution is -2.16. The van der Waals surface area contributed by atoms with Crippen molar-refractivity contribution in [1.29, 1.82) is 0 Å². The van der Waals surface area contributed by atoms with E-state index in [2.05, 4.69) is 183 Å². The molecule has 0 atom stereocenters. The average molecular weight is 654 g/mol. The van der Waals surface area contributed by atoms with Gasteiger partial charge in [-0.25, -0.2) is 0 Å². The third kappa shape index (κ3) is 4.79. The number of furan rings is 1. The second kappa shape index (κ2) is 11.3. The molecule has 0 spiro atoms. The molecule has 8 aromatic carbocycles.